The minimum atomic E-state index is -1.07. The number of aryl methyl sites for hydroxylation is 2. The molecule has 104 valence electrons. The first-order valence-corrected chi connectivity index (χ1v) is 6.07. The molecule has 1 aromatic carbocycles. The van der Waals surface area contributed by atoms with Gasteiger partial charge in [0.1, 0.15) is 12.2 Å². The number of carboxylic acid groups (broad SMARTS) is 1. The summed E-state index contributed by atoms with van der Waals surface area (Å²) in [5.41, 5.74) is 1.92. The summed E-state index contributed by atoms with van der Waals surface area (Å²) in [5, 5.41) is 12.9. The standard InChI is InChI=1S/C14H15N3O3/c1-10-3-5-11(6-4-10)17(9-13(18)19)14(20)12-7-8-15-16(12)2/h3-8H,9H2,1-2H3,(H,18,19). The highest BCUT2D eigenvalue weighted by Gasteiger charge is 2.22. The molecular weight excluding hydrogens is 258 g/mol. The Balaban J connectivity index is 2.37. The monoisotopic (exact) mass is 273 g/mol. The van der Waals surface area contributed by atoms with E-state index >= 15 is 0 Å². The van der Waals surface area contributed by atoms with E-state index in [1.807, 2.05) is 19.1 Å². The maximum absolute atomic E-state index is 12.4. The summed E-state index contributed by atoms with van der Waals surface area (Å²) in [6.45, 7) is 1.53. The molecule has 0 bridgehead atoms. The molecule has 2 rings (SSSR count). The number of amides is 1. The van der Waals surface area contributed by atoms with E-state index in [9.17, 15) is 9.59 Å². The maximum atomic E-state index is 12.4. The number of carbonyl (C=O) groups is 2. The van der Waals surface area contributed by atoms with Crippen LogP contribution in [0.1, 0.15) is 16.1 Å². The second-order valence-electron chi connectivity index (χ2n) is 4.46. The molecule has 1 heterocycles. The van der Waals surface area contributed by atoms with Crippen LogP contribution in [-0.2, 0) is 11.8 Å². The zero-order valence-electron chi connectivity index (χ0n) is 11.3. The van der Waals surface area contributed by atoms with E-state index in [0.29, 0.717) is 11.4 Å². The lowest BCUT2D eigenvalue weighted by molar-refractivity contribution is -0.135. The van der Waals surface area contributed by atoms with Gasteiger partial charge >= 0.3 is 5.97 Å². The van der Waals surface area contributed by atoms with Crippen molar-refractivity contribution < 1.29 is 14.7 Å². The number of carboxylic acids is 1. The van der Waals surface area contributed by atoms with Crippen LogP contribution in [-0.4, -0.2) is 33.3 Å². The van der Waals surface area contributed by atoms with Gasteiger partial charge in [-0.3, -0.25) is 19.2 Å². The smallest absolute Gasteiger partial charge is 0.323 e. The molecular formula is C14H15N3O3. The molecule has 6 heteroatoms. The van der Waals surface area contributed by atoms with Crippen LogP contribution in [0.15, 0.2) is 36.5 Å². The van der Waals surface area contributed by atoms with E-state index in [2.05, 4.69) is 5.10 Å². The van der Waals surface area contributed by atoms with Crippen molar-refractivity contribution in [2.45, 2.75) is 6.92 Å². The van der Waals surface area contributed by atoms with Gasteiger partial charge in [-0.25, -0.2) is 0 Å². The van der Waals surface area contributed by atoms with Gasteiger partial charge in [-0.15, -0.1) is 0 Å². The second-order valence-corrected chi connectivity index (χ2v) is 4.46. The Kier molecular flexibility index (Phi) is 3.84. The van der Waals surface area contributed by atoms with Crippen LogP contribution >= 0.6 is 0 Å². The van der Waals surface area contributed by atoms with Gasteiger partial charge in [0.05, 0.1) is 0 Å². The summed E-state index contributed by atoms with van der Waals surface area (Å²) in [7, 11) is 1.64. The molecule has 20 heavy (non-hydrogen) atoms. The third-order valence-corrected chi connectivity index (χ3v) is 2.92. The number of rotatable bonds is 4. The van der Waals surface area contributed by atoms with Crippen molar-refractivity contribution in [3.05, 3.63) is 47.8 Å². The number of aromatic nitrogens is 2. The first-order chi connectivity index (χ1) is 9.49. The maximum Gasteiger partial charge on any atom is 0.323 e. The predicted octanol–water partition coefficient (Wildman–Crippen LogP) is 1.46. The van der Waals surface area contributed by atoms with Crippen molar-refractivity contribution in [1.29, 1.82) is 0 Å². The van der Waals surface area contributed by atoms with Gasteiger partial charge in [-0.1, -0.05) is 17.7 Å². The Bertz CT molecular complexity index is 631. The molecule has 0 spiro atoms. The van der Waals surface area contributed by atoms with E-state index in [1.165, 1.54) is 15.8 Å². The zero-order chi connectivity index (χ0) is 14.7. The van der Waals surface area contributed by atoms with E-state index < -0.39 is 18.4 Å². The molecule has 0 aliphatic heterocycles. The number of hydrogen-bond donors (Lipinski definition) is 1. The van der Waals surface area contributed by atoms with Crippen LogP contribution < -0.4 is 4.90 Å². The van der Waals surface area contributed by atoms with Crippen molar-refractivity contribution >= 4 is 17.6 Å². The average Bonchev–Trinajstić information content (AvgIpc) is 2.82. The fraction of sp³-hybridized carbons (Fsp3) is 0.214. The summed E-state index contributed by atoms with van der Waals surface area (Å²) < 4.78 is 1.42. The summed E-state index contributed by atoms with van der Waals surface area (Å²) in [5.74, 6) is -1.46. The molecule has 0 radical (unpaired) electrons. The highest BCUT2D eigenvalue weighted by Crippen LogP contribution is 2.17. The number of carbonyl (C=O) groups excluding carboxylic acids is 1. The summed E-state index contributed by atoms with van der Waals surface area (Å²) in [6, 6.07) is 8.69. The van der Waals surface area contributed by atoms with E-state index in [1.54, 1.807) is 25.2 Å². The quantitative estimate of drug-likeness (QED) is 0.915. The Morgan fingerprint density at radius 3 is 2.40 bits per heavy atom. The van der Waals surface area contributed by atoms with E-state index in [0.717, 1.165) is 5.56 Å². The van der Waals surface area contributed by atoms with Gasteiger partial charge < -0.3 is 5.11 Å². The molecule has 0 fully saturated rings. The highest BCUT2D eigenvalue weighted by atomic mass is 16.4. The van der Waals surface area contributed by atoms with Gasteiger partial charge in [0.25, 0.3) is 5.91 Å². The molecule has 0 saturated heterocycles. The molecule has 0 saturated carbocycles. The van der Waals surface area contributed by atoms with Crippen LogP contribution in [0, 0.1) is 6.92 Å². The van der Waals surface area contributed by atoms with Gasteiger partial charge in [0.2, 0.25) is 0 Å². The van der Waals surface area contributed by atoms with Crippen LogP contribution in [0.25, 0.3) is 0 Å². The number of hydrogen-bond acceptors (Lipinski definition) is 3. The fourth-order valence-corrected chi connectivity index (χ4v) is 1.86. The number of aliphatic carboxylic acids is 1. The minimum Gasteiger partial charge on any atom is -0.480 e. The number of anilines is 1. The summed E-state index contributed by atoms with van der Waals surface area (Å²) >= 11 is 0. The molecule has 1 amide bonds. The molecule has 0 aliphatic rings. The normalized spacial score (nSPS) is 10.3. The Morgan fingerprint density at radius 2 is 1.90 bits per heavy atom. The zero-order valence-corrected chi connectivity index (χ0v) is 11.3. The first kappa shape index (κ1) is 13.8. The molecule has 0 aliphatic carbocycles. The van der Waals surface area contributed by atoms with Crippen LogP contribution in [0.5, 0.6) is 0 Å². The first-order valence-electron chi connectivity index (χ1n) is 6.07. The lowest BCUT2D eigenvalue weighted by Gasteiger charge is -2.21. The van der Waals surface area contributed by atoms with Crippen molar-refractivity contribution in [3.63, 3.8) is 0 Å². The molecule has 0 atom stereocenters. The van der Waals surface area contributed by atoms with Crippen LogP contribution in [0.3, 0.4) is 0 Å². The van der Waals surface area contributed by atoms with Crippen LogP contribution in [0.4, 0.5) is 5.69 Å². The average molecular weight is 273 g/mol. The van der Waals surface area contributed by atoms with Crippen molar-refractivity contribution in [1.82, 2.24) is 9.78 Å². The third-order valence-electron chi connectivity index (χ3n) is 2.92. The molecule has 2 aromatic rings. The van der Waals surface area contributed by atoms with Gasteiger partial charge in [-0.05, 0) is 25.1 Å². The number of benzene rings is 1. The van der Waals surface area contributed by atoms with Gasteiger partial charge in [-0.2, -0.15) is 5.10 Å². The lowest BCUT2D eigenvalue weighted by Crippen LogP contribution is -2.36. The Hall–Kier alpha value is -2.63. The summed E-state index contributed by atoms with van der Waals surface area (Å²) in [6.07, 6.45) is 1.50. The molecule has 1 aromatic heterocycles. The van der Waals surface area contributed by atoms with E-state index in [4.69, 9.17) is 5.11 Å². The minimum absolute atomic E-state index is 0.340. The van der Waals surface area contributed by atoms with Crippen molar-refractivity contribution in [3.8, 4) is 0 Å². The number of nitrogens with zero attached hydrogens (tertiary/aromatic N) is 3. The van der Waals surface area contributed by atoms with Crippen molar-refractivity contribution in [2.75, 3.05) is 11.4 Å². The molecule has 0 unspecified atom stereocenters. The fourth-order valence-electron chi connectivity index (χ4n) is 1.86. The van der Waals surface area contributed by atoms with Crippen molar-refractivity contribution in [2.24, 2.45) is 7.05 Å². The SMILES string of the molecule is Cc1ccc(N(CC(=O)O)C(=O)c2ccnn2C)cc1. The summed E-state index contributed by atoms with van der Waals surface area (Å²) in [4.78, 5) is 24.7. The molecule has 6 nitrogen and oxygen atoms in total. The Morgan fingerprint density at radius 1 is 1.25 bits per heavy atom. The topological polar surface area (TPSA) is 75.4 Å². The highest BCUT2D eigenvalue weighted by molar-refractivity contribution is 6.07. The second kappa shape index (κ2) is 5.56. The van der Waals surface area contributed by atoms with Crippen LogP contribution in [0.2, 0.25) is 0 Å². The predicted molar refractivity (Wildman–Crippen MR) is 73.7 cm³/mol. The molecule has 1 N–H and O–H groups in total. The Labute approximate surface area is 116 Å². The van der Waals surface area contributed by atoms with E-state index in [-0.39, 0.29) is 0 Å². The third kappa shape index (κ3) is 2.85. The lowest BCUT2D eigenvalue weighted by atomic mass is 10.2. The van der Waals surface area contributed by atoms with Gasteiger partial charge in [0, 0.05) is 18.9 Å². The largest absolute Gasteiger partial charge is 0.480 e. The van der Waals surface area contributed by atoms with Gasteiger partial charge in [0.15, 0.2) is 0 Å².